The second kappa shape index (κ2) is 4.67. The Morgan fingerprint density at radius 2 is 2.22 bits per heavy atom. The van der Waals surface area contributed by atoms with E-state index in [1.165, 1.54) is 6.20 Å². The van der Waals surface area contributed by atoms with Crippen LogP contribution in [0.4, 0.5) is 0 Å². The van der Waals surface area contributed by atoms with Crippen molar-refractivity contribution in [3.05, 3.63) is 46.4 Å². The van der Waals surface area contributed by atoms with Crippen LogP contribution >= 0.6 is 11.6 Å². The Hall–Kier alpha value is -2.65. The van der Waals surface area contributed by atoms with Crippen molar-refractivity contribution in [2.75, 3.05) is 7.05 Å². The van der Waals surface area contributed by atoms with E-state index in [0.29, 0.717) is 11.3 Å². The second-order valence-corrected chi connectivity index (χ2v) is 5.98. The third-order valence-corrected chi connectivity index (χ3v) is 4.65. The number of fused-ring (bicyclic) bond motifs is 2. The number of aromatic nitrogens is 2. The number of nitrogens with zero attached hydrogens (tertiary/aromatic N) is 4. The Morgan fingerprint density at radius 1 is 1.43 bits per heavy atom. The number of carbonyl (C=O) groups excluding carboxylic acids is 1. The maximum absolute atomic E-state index is 12.6. The molecule has 6 nitrogen and oxygen atoms in total. The molecule has 1 aliphatic heterocycles. The van der Waals surface area contributed by atoms with Gasteiger partial charge in [-0.3, -0.25) is 4.79 Å². The van der Waals surface area contributed by atoms with Crippen molar-refractivity contribution in [3.63, 3.8) is 0 Å². The van der Waals surface area contributed by atoms with Crippen molar-refractivity contribution in [2.45, 2.75) is 18.4 Å². The van der Waals surface area contributed by atoms with Gasteiger partial charge in [-0.2, -0.15) is 10.2 Å². The van der Waals surface area contributed by atoms with E-state index in [1.54, 1.807) is 18.0 Å². The number of ether oxygens (including phenoxy) is 1. The Labute approximate surface area is 137 Å². The lowest BCUT2D eigenvalue weighted by atomic mass is 10.0. The number of nitriles is 1. The molecule has 2 aromatic rings. The quantitative estimate of drug-likeness (QED) is 0.793. The zero-order valence-electron chi connectivity index (χ0n) is 12.2. The lowest BCUT2D eigenvalue weighted by Gasteiger charge is -2.18. The Bertz CT molecular complexity index is 886. The minimum absolute atomic E-state index is 0.0197. The van der Waals surface area contributed by atoms with Crippen LogP contribution in [-0.2, 0) is 5.54 Å². The number of carbonyl (C=O) groups is 1. The molecule has 114 valence electrons. The predicted octanol–water partition coefficient (Wildman–Crippen LogP) is 2.87. The molecule has 1 aromatic carbocycles. The molecule has 1 saturated carbocycles. The third-order valence-electron chi connectivity index (χ3n) is 4.46. The van der Waals surface area contributed by atoms with Crippen LogP contribution in [0.25, 0.3) is 0 Å². The molecule has 0 saturated heterocycles. The van der Waals surface area contributed by atoms with Crippen LogP contribution < -0.4 is 4.74 Å². The van der Waals surface area contributed by atoms with E-state index >= 15 is 0 Å². The average Bonchev–Trinajstić information content (AvgIpc) is 3.32. The highest BCUT2D eigenvalue weighted by molar-refractivity contribution is 6.28. The van der Waals surface area contributed by atoms with Crippen molar-refractivity contribution in [2.24, 2.45) is 0 Å². The van der Waals surface area contributed by atoms with Crippen LogP contribution in [0.3, 0.4) is 0 Å². The molecule has 1 aromatic heterocycles. The molecule has 4 rings (SSSR count). The number of hydrogen-bond donors (Lipinski definition) is 0. The first kappa shape index (κ1) is 14.0. The normalized spacial score (nSPS) is 17.1. The summed E-state index contributed by atoms with van der Waals surface area (Å²) >= 11 is 5.78. The summed E-state index contributed by atoms with van der Waals surface area (Å²) in [6.07, 6.45) is 3.20. The molecule has 2 aliphatic rings. The van der Waals surface area contributed by atoms with Crippen LogP contribution in [0.1, 0.15) is 34.3 Å². The van der Waals surface area contributed by atoms with Gasteiger partial charge in [0.2, 0.25) is 11.2 Å². The fraction of sp³-hybridized carbons (Fsp3) is 0.250. The van der Waals surface area contributed by atoms with Gasteiger partial charge >= 0.3 is 0 Å². The Kier molecular flexibility index (Phi) is 2.84. The molecule has 1 fully saturated rings. The van der Waals surface area contributed by atoms with Gasteiger partial charge in [-0.05, 0) is 36.1 Å². The van der Waals surface area contributed by atoms with Crippen molar-refractivity contribution in [3.8, 4) is 17.7 Å². The summed E-state index contributed by atoms with van der Waals surface area (Å²) in [5.41, 5.74) is 1.48. The SMILES string of the molecule is CN1C(=O)c2c(Oc3nc(Cl)ncc3C#N)cccc2C12CC2. The molecule has 1 amide bonds. The molecular weight excluding hydrogens is 316 g/mol. The van der Waals surface area contributed by atoms with Crippen molar-refractivity contribution >= 4 is 17.5 Å². The molecule has 0 radical (unpaired) electrons. The maximum atomic E-state index is 12.6. The number of halogens is 1. The van der Waals surface area contributed by atoms with Crippen molar-refractivity contribution in [1.82, 2.24) is 14.9 Å². The summed E-state index contributed by atoms with van der Waals surface area (Å²) in [4.78, 5) is 22.1. The summed E-state index contributed by atoms with van der Waals surface area (Å²) in [6, 6.07) is 7.45. The molecule has 2 heterocycles. The van der Waals surface area contributed by atoms with E-state index in [9.17, 15) is 4.79 Å². The molecule has 0 unspecified atom stereocenters. The number of hydrogen-bond acceptors (Lipinski definition) is 5. The fourth-order valence-corrected chi connectivity index (χ4v) is 3.22. The molecule has 0 atom stereocenters. The highest BCUT2D eigenvalue weighted by Crippen LogP contribution is 2.57. The van der Waals surface area contributed by atoms with Crippen LogP contribution in [0.2, 0.25) is 5.28 Å². The van der Waals surface area contributed by atoms with E-state index in [0.717, 1.165) is 18.4 Å². The zero-order valence-corrected chi connectivity index (χ0v) is 13.0. The predicted molar refractivity (Wildman–Crippen MR) is 81.3 cm³/mol. The Morgan fingerprint density at radius 3 is 2.91 bits per heavy atom. The average molecular weight is 327 g/mol. The summed E-state index contributed by atoms with van der Waals surface area (Å²) in [7, 11) is 1.81. The smallest absolute Gasteiger partial charge is 0.258 e. The highest BCUT2D eigenvalue weighted by atomic mass is 35.5. The third kappa shape index (κ3) is 1.90. The van der Waals surface area contributed by atoms with Crippen molar-refractivity contribution in [1.29, 1.82) is 5.26 Å². The lowest BCUT2D eigenvalue weighted by Crippen LogP contribution is -2.28. The van der Waals surface area contributed by atoms with E-state index in [1.807, 2.05) is 18.2 Å². The van der Waals surface area contributed by atoms with Gasteiger partial charge in [-0.1, -0.05) is 12.1 Å². The van der Waals surface area contributed by atoms with Gasteiger partial charge in [0, 0.05) is 7.05 Å². The van der Waals surface area contributed by atoms with E-state index in [4.69, 9.17) is 21.6 Å². The number of rotatable bonds is 2. The van der Waals surface area contributed by atoms with Crippen LogP contribution in [0.5, 0.6) is 11.6 Å². The van der Waals surface area contributed by atoms with Gasteiger partial charge in [-0.25, -0.2) is 4.98 Å². The molecule has 7 heteroatoms. The largest absolute Gasteiger partial charge is 0.437 e. The maximum Gasteiger partial charge on any atom is 0.258 e. The first-order valence-electron chi connectivity index (χ1n) is 7.09. The molecule has 1 spiro atoms. The van der Waals surface area contributed by atoms with Gasteiger partial charge < -0.3 is 9.64 Å². The number of benzene rings is 1. The molecular formula is C16H11ClN4O2. The molecule has 0 bridgehead atoms. The first-order valence-corrected chi connectivity index (χ1v) is 7.47. The van der Waals surface area contributed by atoms with Gasteiger partial charge in [-0.15, -0.1) is 0 Å². The summed E-state index contributed by atoms with van der Waals surface area (Å²) in [5, 5.41) is 9.12. The standard InChI is InChI=1S/C16H11ClN4O2/c1-21-14(22)12-10(16(21)5-6-16)3-2-4-11(12)23-13-9(7-18)8-19-15(17)20-13/h2-4,8H,5-6H2,1H3. The highest BCUT2D eigenvalue weighted by Gasteiger charge is 2.57. The van der Waals surface area contributed by atoms with Gasteiger partial charge in [0.1, 0.15) is 17.4 Å². The van der Waals surface area contributed by atoms with E-state index < -0.39 is 0 Å². The minimum atomic E-state index is -0.187. The summed E-state index contributed by atoms with van der Waals surface area (Å²) in [5.74, 6) is 0.356. The Balaban J connectivity index is 1.82. The van der Waals surface area contributed by atoms with Crippen molar-refractivity contribution < 1.29 is 9.53 Å². The van der Waals surface area contributed by atoms with Gasteiger partial charge in [0.05, 0.1) is 17.3 Å². The minimum Gasteiger partial charge on any atom is -0.437 e. The second-order valence-electron chi connectivity index (χ2n) is 5.65. The van der Waals surface area contributed by atoms with Crippen LogP contribution in [0.15, 0.2) is 24.4 Å². The summed E-state index contributed by atoms with van der Waals surface area (Å²) < 4.78 is 5.76. The van der Waals surface area contributed by atoms with E-state index in [2.05, 4.69) is 9.97 Å². The fourth-order valence-electron chi connectivity index (χ4n) is 3.10. The van der Waals surface area contributed by atoms with E-state index in [-0.39, 0.29) is 28.2 Å². The molecule has 23 heavy (non-hydrogen) atoms. The lowest BCUT2D eigenvalue weighted by molar-refractivity contribution is 0.0753. The number of amides is 1. The van der Waals surface area contributed by atoms with Gasteiger partial charge in [0.25, 0.3) is 5.91 Å². The first-order chi connectivity index (χ1) is 11.1. The van der Waals surface area contributed by atoms with Crippen LogP contribution in [0, 0.1) is 11.3 Å². The summed E-state index contributed by atoms with van der Waals surface area (Å²) in [6.45, 7) is 0. The molecule has 0 N–H and O–H groups in total. The van der Waals surface area contributed by atoms with Crippen LogP contribution in [-0.4, -0.2) is 27.8 Å². The topological polar surface area (TPSA) is 79.1 Å². The monoisotopic (exact) mass is 326 g/mol. The zero-order chi connectivity index (χ0) is 16.2. The van der Waals surface area contributed by atoms with Gasteiger partial charge in [0.15, 0.2) is 0 Å². The molecule has 1 aliphatic carbocycles.